The molecule has 0 spiro atoms. The van der Waals surface area contributed by atoms with Gasteiger partial charge in [0.05, 0.1) is 31.3 Å². The van der Waals surface area contributed by atoms with Gasteiger partial charge in [-0.05, 0) is 161 Å². The number of aromatic hydroxyl groups is 2. The minimum Gasteiger partial charge on any atom is -0.504 e. The topological polar surface area (TPSA) is 468 Å². The van der Waals surface area contributed by atoms with Crippen molar-refractivity contribution < 1.29 is 143 Å². The van der Waals surface area contributed by atoms with Gasteiger partial charge in [0.25, 0.3) is 56.0 Å². The van der Waals surface area contributed by atoms with Crippen LogP contribution < -0.4 is 65.2 Å². The normalized spacial score (nSPS) is 14.6. The molecule has 6 aliphatic rings. The van der Waals surface area contributed by atoms with E-state index in [9.17, 15) is 76.3 Å². The van der Waals surface area contributed by atoms with Crippen molar-refractivity contribution in [2.75, 3.05) is 72.4 Å². The summed E-state index contributed by atoms with van der Waals surface area (Å²) >= 11 is 4.90. The minimum atomic E-state index is -4.68. The van der Waals surface area contributed by atoms with E-state index in [1.807, 2.05) is 0 Å². The zero-order valence-electron chi connectivity index (χ0n) is 64.6. The third-order valence-corrected chi connectivity index (χ3v) is 31.6. The van der Waals surface area contributed by atoms with Crippen molar-refractivity contribution in [1.29, 1.82) is 0 Å². The Bertz CT molecular complexity index is 6020. The zero-order chi connectivity index (χ0) is 87.2. The molecular weight excluding hydrogens is 1790 g/mol. The molecule has 0 radical (unpaired) electrons. The Hall–Kier alpha value is -11.5. The van der Waals surface area contributed by atoms with Crippen molar-refractivity contribution in [3.05, 3.63) is 152 Å². The number of hydrogen-bond acceptors (Lipinski definition) is 36. The van der Waals surface area contributed by atoms with Gasteiger partial charge in [-0.2, -0.15) is 20.5 Å². The number of rotatable bonds is 26. The molecular formula is C75H73N5O31S10. The van der Waals surface area contributed by atoms with Crippen LogP contribution in [0.15, 0.2) is 151 Å². The molecule has 36 nitrogen and oxygen atoms in total. The number of thiophene rings is 5. The summed E-state index contributed by atoms with van der Waals surface area (Å²) in [5, 5.41) is 29.1. The molecule has 2 amide bonds. The fourth-order valence-electron chi connectivity index (χ4n) is 11.2. The highest BCUT2D eigenvalue weighted by Gasteiger charge is 2.44. The maximum atomic E-state index is 13.7. The highest BCUT2D eigenvalue weighted by Crippen LogP contribution is 2.55. The van der Waals surface area contributed by atoms with Crippen molar-refractivity contribution in [1.82, 2.24) is 4.90 Å². The number of nitrogens with zero attached hydrogens (tertiary/aromatic N) is 2. The summed E-state index contributed by atoms with van der Waals surface area (Å²) in [6, 6.07) is 20.4. The van der Waals surface area contributed by atoms with Gasteiger partial charge in [-0.3, -0.25) is 19.0 Å². The first kappa shape index (κ1) is 88.8. The third-order valence-electron chi connectivity index (χ3n) is 16.4. The number of nitrogens with one attached hydrogen (secondary N) is 3. The van der Waals surface area contributed by atoms with Crippen LogP contribution in [-0.2, 0) is 94.7 Å². The minimum absolute atomic E-state index is 0.00443. The first-order valence-corrected chi connectivity index (χ1v) is 47.1. The van der Waals surface area contributed by atoms with Gasteiger partial charge in [-0.1, -0.05) is 30.3 Å². The molecule has 1 saturated carbocycles. The average molecular weight is 1860 g/mol. The molecule has 0 bridgehead atoms. The van der Waals surface area contributed by atoms with Crippen LogP contribution in [0, 0.1) is 0 Å². The lowest BCUT2D eigenvalue weighted by Crippen LogP contribution is -2.36. The summed E-state index contributed by atoms with van der Waals surface area (Å²) < 4.78 is 212. The maximum absolute atomic E-state index is 13.7. The van der Waals surface area contributed by atoms with Gasteiger partial charge >= 0.3 is 24.0 Å². The molecule has 1 aliphatic carbocycles. The Kier molecular flexibility index (Phi) is 26.7. The summed E-state index contributed by atoms with van der Waals surface area (Å²) in [7, 11) is -17.9. The predicted octanol–water partition coefficient (Wildman–Crippen LogP) is 12.3. The van der Waals surface area contributed by atoms with E-state index in [4.69, 9.17) is 61.6 Å². The number of anilines is 4. The van der Waals surface area contributed by atoms with Gasteiger partial charge in [0.1, 0.15) is 44.0 Å². The van der Waals surface area contributed by atoms with Crippen LogP contribution in [0.5, 0.6) is 69.0 Å². The van der Waals surface area contributed by atoms with E-state index in [0.717, 1.165) is 86.6 Å². The van der Waals surface area contributed by atoms with Crippen LogP contribution in [-0.4, -0.2) is 159 Å². The predicted molar refractivity (Wildman–Crippen MR) is 442 cm³/mol. The van der Waals surface area contributed by atoms with Crippen LogP contribution in [0.2, 0.25) is 0 Å². The summed E-state index contributed by atoms with van der Waals surface area (Å²) in [5.41, 5.74) is -0.201. The van der Waals surface area contributed by atoms with Crippen molar-refractivity contribution in [3.8, 4) is 69.0 Å². The number of fused-ring (bicyclic) bond motifs is 4. The molecule has 1 saturated heterocycles. The smallest absolute Gasteiger partial charge is 0.417 e. The highest BCUT2D eigenvalue weighted by molar-refractivity contribution is 8.11. The standard InChI is InChI=1S/C20H16N2O10S4.C19H21NO7S2.C18H17NO7S2.C18H19NO7S2/c23-14-10-30-20(25)21(14)6-5-12-9-13(18-19(17(12)24)32-11-31-18)22(35(26,27)15-3-1-7-33-15)36(28,29)16-4-2-8-34-16;1-19(2,3)27-14(21)8-7-12-10-13(17-18(16(12)24-4)26-11-25-17)20-29(22,23)15-6-5-9-28-15;1-23-16-11(4-7-14(20)26-12-5-6-12)9-13(17-18(16)25-10-24-17)19-28(21,22)15-3-2-8-27-15;1-18(2,3)26-13(20)7-6-11-9-12(16-17(15(11)21)25-10-24-16)19-28(22,23)14-5-4-8-27-14/h1-4,7-9,24H,5-6,10-11H2;5-10,20H,11H2,1-4H3;2-4,7-9,12,19H,5-6,10H2,1H3;4-9,19,21H,10H2,1-3H3/b;8-7+;7-4+;7-6+. The SMILES string of the molecule is CC(C)(C)OC(=O)/C=C/c1cc(NS(=O)(=O)c2cccs2)c2c(c1O)OCO2.COc1c(/C=C/C(=O)OC(C)(C)C)cc(NS(=O)(=O)c2cccs2)c2c1OCO2.COc1c(/C=C/C(=O)OC2CC2)cc(NS(=O)(=O)c2cccs2)c2c1OCO2.O=C1COC(=O)N1CCc1cc(N(S(=O)(=O)c2cccs2)S(=O)(=O)c2cccs2)c2c(c1O)OCO2. The Morgan fingerprint density at radius 1 is 0.479 bits per heavy atom. The number of imide groups is 1. The second kappa shape index (κ2) is 36.4. The second-order valence-electron chi connectivity index (χ2n) is 27.4. The van der Waals surface area contributed by atoms with Gasteiger partial charge in [0, 0.05) is 47.0 Å². The molecule has 5 N–H and O–H groups in total. The molecule has 15 rings (SSSR count). The first-order valence-electron chi connectivity index (χ1n) is 35.3. The summed E-state index contributed by atoms with van der Waals surface area (Å²) in [6.07, 6.45) is 8.66. The Morgan fingerprint density at radius 2 is 0.835 bits per heavy atom. The fraction of sp³-hybridized carbons (Fsp3) is 0.267. The Balaban J connectivity index is 0.000000149. The number of carbonyl (C=O) groups is 5. The molecule has 0 atom stereocenters. The van der Waals surface area contributed by atoms with Crippen molar-refractivity contribution >= 4 is 178 Å². The number of phenolic OH excluding ortho intramolecular Hbond substituents is 2. The third kappa shape index (κ3) is 20.9. The van der Waals surface area contributed by atoms with Crippen LogP contribution in [0.4, 0.5) is 27.5 Å². The van der Waals surface area contributed by atoms with Gasteiger partial charge in [-0.25, -0.2) is 49.3 Å². The molecule has 5 aromatic heterocycles. The van der Waals surface area contributed by atoms with E-state index in [0.29, 0.717) is 22.6 Å². The maximum Gasteiger partial charge on any atom is 0.417 e. The summed E-state index contributed by atoms with van der Waals surface area (Å²) in [5.74, 6) is -1.76. The molecule has 10 heterocycles. The average Bonchev–Trinajstić information content (AvgIpc) is 1.70. The van der Waals surface area contributed by atoms with E-state index >= 15 is 0 Å². The number of amides is 2. The quantitative estimate of drug-likeness (QED) is 0.0145. The number of sulfonamides is 5. The number of hydrogen-bond donors (Lipinski definition) is 5. The number of ether oxygens (including phenoxy) is 14. The fourth-order valence-corrected chi connectivity index (χ4v) is 23.4. The largest absolute Gasteiger partial charge is 0.504 e. The Morgan fingerprint density at radius 3 is 1.21 bits per heavy atom. The highest BCUT2D eigenvalue weighted by atomic mass is 32.3. The summed E-state index contributed by atoms with van der Waals surface area (Å²) in [4.78, 5) is 60.3. The molecule has 121 heavy (non-hydrogen) atoms. The van der Waals surface area contributed by atoms with Gasteiger partial charge in [0.15, 0.2) is 52.6 Å². The lowest BCUT2D eigenvalue weighted by Gasteiger charge is -2.24. The van der Waals surface area contributed by atoms with Gasteiger partial charge in [-0.15, -0.1) is 56.7 Å². The van der Waals surface area contributed by atoms with Gasteiger partial charge < -0.3 is 76.5 Å². The van der Waals surface area contributed by atoms with E-state index in [1.165, 1.54) is 116 Å². The Labute approximate surface area is 712 Å². The molecule has 644 valence electrons. The number of esters is 3. The van der Waals surface area contributed by atoms with Crippen LogP contribution in [0.25, 0.3) is 18.2 Å². The number of carbonyl (C=O) groups excluding carboxylic acids is 5. The lowest BCUT2D eigenvalue weighted by atomic mass is 10.1. The molecule has 4 aromatic carbocycles. The number of cyclic esters (lactones) is 1. The lowest BCUT2D eigenvalue weighted by molar-refractivity contribution is -0.149. The van der Waals surface area contributed by atoms with E-state index in [2.05, 4.69) is 18.9 Å². The van der Waals surface area contributed by atoms with Gasteiger partial charge in [0.2, 0.25) is 50.2 Å². The van der Waals surface area contributed by atoms with Crippen LogP contribution >= 0.6 is 56.7 Å². The van der Waals surface area contributed by atoms with Crippen LogP contribution in [0.3, 0.4) is 0 Å². The molecule has 5 aliphatic heterocycles. The number of benzene rings is 4. The van der Waals surface area contributed by atoms with E-state index < -0.39 is 116 Å². The van der Waals surface area contributed by atoms with E-state index in [1.54, 1.807) is 75.9 Å². The molecule has 46 heteroatoms. The second-order valence-corrected chi connectivity index (χ2v) is 42.1. The monoisotopic (exact) mass is 1860 g/mol. The molecule has 0 unspecified atom stereocenters. The van der Waals surface area contributed by atoms with Crippen molar-refractivity contribution in [2.24, 2.45) is 0 Å². The van der Waals surface area contributed by atoms with Crippen LogP contribution in [0.1, 0.15) is 76.6 Å². The van der Waals surface area contributed by atoms with Crippen molar-refractivity contribution in [3.63, 3.8) is 0 Å². The van der Waals surface area contributed by atoms with Crippen molar-refractivity contribution in [2.45, 2.75) is 99.2 Å². The number of phenols is 2. The molecule has 9 aromatic rings. The summed E-state index contributed by atoms with van der Waals surface area (Å²) in [6.45, 7) is 9.12. The first-order chi connectivity index (χ1) is 57.3. The van der Waals surface area contributed by atoms with E-state index in [-0.39, 0.29) is 144 Å². The number of methoxy groups -OCH3 is 2. The molecule has 2 fully saturated rings. The zero-order valence-corrected chi connectivity index (χ0v) is 72.8.